The normalized spacial score (nSPS) is 13.5. The Morgan fingerprint density at radius 3 is 2.62 bits per heavy atom. The van der Waals surface area contributed by atoms with Gasteiger partial charge in [-0.3, -0.25) is 9.59 Å². The molecule has 4 rings (SSSR count). The SMILES string of the molecule is Cc1cc(N2CCOCC2)ccc1NC(=O)COc1cccc(NC(=O)c2ccco2)c1. The molecule has 0 spiro atoms. The van der Waals surface area contributed by atoms with E-state index < -0.39 is 0 Å². The topological polar surface area (TPSA) is 93.0 Å². The van der Waals surface area contributed by atoms with Gasteiger partial charge in [-0.05, 0) is 55.0 Å². The number of hydrogen-bond donors (Lipinski definition) is 2. The molecule has 166 valence electrons. The van der Waals surface area contributed by atoms with Crippen molar-refractivity contribution >= 4 is 28.9 Å². The summed E-state index contributed by atoms with van der Waals surface area (Å²) in [6.45, 7) is 4.98. The Bertz CT molecular complexity index is 1070. The van der Waals surface area contributed by atoms with Crippen molar-refractivity contribution in [1.82, 2.24) is 0 Å². The number of carbonyl (C=O) groups is 2. The molecular weight excluding hydrogens is 410 g/mol. The Labute approximate surface area is 186 Å². The van der Waals surface area contributed by atoms with Gasteiger partial charge >= 0.3 is 0 Å². The molecule has 1 aromatic heterocycles. The molecule has 2 amide bonds. The van der Waals surface area contributed by atoms with Gasteiger partial charge in [0.25, 0.3) is 11.8 Å². The van der Waals surface area contributed by atoms with Crippen molar-refractivity contribution in [2.75, 3.05) is 48.4 Å². The van der Waals surface area contributed by atoms with Crippen LogP contribution in [0.4, 0.5) is 17.1 Å². The Hall–Kier alpha value is -3.78. The number of carbonyl (C=O) groups excluding carboxylic acids is 2. The molecule has 0 atom stereocenters. The molecule has 0 saturated carbocycles. The Balaban J connectivity index is 1.30. The van der Waals surface area contributed by atoms with Crippen LogP contribution in [0.5, 0.6) is 5.75 Å². The first kappa shape index (κ1) is 21.5. The number of amides is 2. The minimum absolute atomic E-state index is 0.153. The number of nitrogens with one attached hydrogen (secondary N) is 2. The summed E-state index contributed by atoms with van der Waals surface area (Å²) in [6.07, 6.45) is 1.44. The molecule has 1 aliphatic heterocycles. The third-order valence-corrected chi connectivity index (χ3v) is 5.07. The zero-order valence-electron chi connectivity index (χ0n) is 17.8. The molecule has 2 N–H and O–H groups in total. The quantitative estimate of drug-likeness (QED) is 0.588. The van der Waals surface area contributed by atoms with Gasteiger partial charge in [0, 0.05) is 36.2 Å². The van der Waals surface area contributed by atoms with E-state index in [9.17, 15) is 9.59 Å². The first-order valence-corrected chi connectivity index (χ1v) is 10.4. The van der Waals surface area contributed by atoms with Crippen molar-refractivity contribution in [1.29, 1.82) is 0 Å². The van der Waals surface area contributed by atoms with E-state index in [0.29, 0.717) is 11.4 Å². The molecule has 1 fully saturated rings. The van der Waals surface area contributed by atoms with Crippen LogP contribution in [0.3, 0.4) is 0 Å². The summed E-state index contributed by atoms with van der Waals surface area (Å²) in [4.78, 5) is 26.8. The van der Waals surface area contributed by atoms with Crippen LogP contribution in [0, 0.1) is 6.92 Å². The van der Waals surface area contributed by atoms with E-state index in [1.807, 2.05) is 19.1 Å². The van der Waals surface area contributed by atoms with E-state index in [2.05, 4.69) is 21.6 Å². The second kappa shape index (κ2) is 10.0. The molecule has 0 radical (unpaired) electrons. The zero-order valence-corrected chi connectivity index (χ0v) is 17.8. The molecule has 2 aromatic carbocycles. The van der Waals surface area contributed by atoms with Gasteiger partial charge in [0.15, 0.2) is 12.4 Å². The van der Waals surface area contributed by atoms with E-state index in [4.69, 9.17) is 13.9 Å². The molecule has 2 heterocycles. The van der Waals surface area contributed by atoms with E-state index in [1.54, 1.807) is 36.4 Å². The third-order valence-electron chi connectivity index (χ3n) is 5.07. The minimum atomic E-state index is -0.360. The van der Waals surface area contributed by atoms with Gasteiger partial charge in [0.1, 0.15) is 5.75 Å². The summed E-state index contributed by atoms with van der Waals surface area (Å²) < 4.78 is 16.1. The van der Waals surface area contributed by atoms with Gasteiger partial charge in [-0.2, -0.15) is 0 Å². The standard InChI is InChI=1S/C24H25N3O5/c1-17-14-19(27-9-12-30-13-10-27)7-8-21(17)26-23(28)16-32-20-5-2-4-18(15-20)25-24(29)22-6-3-11-31-22/h2-8,11,14-15H,9-10,12-13,16H2,1H3,(H,25,29)(H,26,28). The average Bonchev–Trinajstić information content (AvgIpc) is 3.35. The summed E-state index contributed by atoms with van der Waals surface area (Å²) in [5, 5.41) is 5.61. The lowest BCUT2D eigenvalue weighted by Crippen LogP contribution is -2.36. The Morgan fingerprint density at radius 1 is 1.03 bits per heavy atom. The van der Waals surface area contributed by atoms with E-state index >= 15 is 0 Å². The molecule has 32 heavy (non-hydrogen) atoms. The highest BCUT2D eigenvalue weighted by atomic mass is 16.5. The van der Waals surface area contributed by atoms with Crippen LogP contribution in [0.25, 0.3) is 0 Å². The van der Waals surface area contributed by atoms with Gasteiger partial charge in [0.05, 0.1) is 19.5 Å². The summed E-state index contributed by atoms with van der Waals surface area (Å²) >= 11 is 0. The highest BCUT2D eigenvalue weighted by molar-refractivity contribution is 6.02. The van der Waals surface area contributed by atoms with Crippen LogP contribution >= 0.6 is 0 Å². The third kappa shape index (κ3) is 5.47. The molecular formula is C24H25N3O5. The van der Waals surface area contributed by atoms with Crippen LogP contribution in [0.1, 0.15) is 16.1 Å². The maximum atomic E-state index is 12.4. The number of anilines is 3. The number of aryl methyl sites for hydroxylation is 1. The lowest BCUT2D eigenvalue weighted by molar-refractivity contribution is -0.118. The van der Waals surface area contributed by atoms with Crippen molar-refractivity contribution in [2.24, 2.45) is 0 Å². The number of rotatable bonds is 7. The van der Waals surface area contributed by atoms with E-state index in [-0.39, 0.29) is 24.2 Å². The summed E-state index contributed by atoms with van der Waals surface area (Å²) in [7, 11) is 0. The predicted octanol–water partition coefficient (Wildman–Crippen LogP) is 3.69. The van der Waals surface area contributed by atoms with Gasteiger partial charge in [-0.1, -0.05) is 6.07 Å². The molecule has 0 unspecified atom stereocenters. The van der Waals surface area contributed by atoms with Gasteiger partial charge < -0.3 is 29.4 Å². The lowest BCUT2D eigenvalue weighted by atomic mass is 10.1. The number of morpholine rings is 1. The van der Waals surface area contributed by atoms with Gasteiger partial charge in [-0.15, -0.1) is 0 Å². The molecule has 1 saturated heterocycles. The van der Waals surface area contributed by atoms with Gasteiger partial charge in [-0.25, -0.2) is 0 Å². The Kier molecular flexibility index (Phi) is 6.72. The van der Waals surface area contributed by atoms with Crippen LogP contribution < -0.4 is 20.3 Å². The number of nitrogens with zero attached hydrogens (tertiary/aromatic N) is 1. The fourth-order valence-electron chi connectivity index (χ4n) is 3.41. The summed E-state index contributed by atoms with van der Waals surface area (Å²) in [5.74, 6) is 0.0561. The average molecular weight is 435 g/mol. The van der Waals surface area contributed by atoms with Crippen molar-refractivity contribution < 1.29 is 23.5 Å². The van der Waals surface area contributed by atoms with Crippen LogP contribution in [0.15, 0.2) is 65.3 Å². The Morgan fingerprint density at radius 2 is 1.88 bits per heavy atom. The number of ether oxygens (including phenoxy) is 2. The van der Waals surface area contributed by atoms with Crippen LogP contribution in [-0.4, -0.2) is 44.7 Å². The van der Waals surface area contributed by atoms with Gasteiger partial charge in [0.2, 0.25) is 0 Å². The number of furan rings is 1. The van der Waals surface area contributed by atoms with Crippen molar-refractivity contribution in [3.8, 4) is 5.75 Å². The largest absolute Gasteiger partial charge is 0.484 e. The molecule has 8 heteroatoms. The van der Waals surface area contributed by atoms with E-state index in [0.717, 1.165) is 43.2 Å². The lowest BCUT2D eigenvalue weighted by Gasteiger charge is -2.29. The fraction of sp³-hybridized carbons (Fsp3) is 0.250. The monoisotopic (exact) mass is 435 g/mol. The second-order valence-electron chi connectivity index (χ2n) is 7.39. The number of benzene rings is 2. The van der Waals surface area contributed by atoms with Crippen molar-refractivity contribution in [3.05, 3.63) is 72.2 Å². The van der Waals surface area contributed by atoms with Crippen LogP contribution in [0.2, 0.25) is 0 Å². The minimum Gasteiger partial charge on any atom is -0.484 e. The summed E-state index contributed by atoms with van der Waals surface area (Å²) in [6, 6.07) is 16.0. The van der Waals surface area contributed by atoms with Crippen LogP contribution in [-0.2, 0) is 9.53 Å². The van der Waals surface area contributed by atoms with Crippen molar-refractivity contribution in [2.45, 2.75) is 6.92 Å². The molecule has 8 nitrogen and oxygen atoms in total. The highest BCUT2D eigenvalue weighted by Crippen LogP contribution is 2.24. The predicted molar refractivity (Wildman–Crippen MR) is 121 cm³/mol. The second-order valence-corrected chi connectivity index (χ2v) is 7.39. The highest BCUT2D eigenvalue weighted by Gasteiger charge is 2.13. The molecule has 0 bridgehead atoms. The van der Waals surface area contributed by atoms with Crippen molar-refractivity contribution in [3.63, 3.8) is 0 Å². The molecule has 1 aliphatic rings. The molecule has 0 aliphatic carbocycles. The summed E-state index contributed by atoms with van der Waals surface area (Å²) in [5.41, 5.74) is 3.38. The zero-order chi connectivity index (χ0) is 22.3. The van der Waals surface area contributed by atoms with E-state index in [1.165, 1.54) is 6.26 Å². The first-order chi connectivity index (χ1) is 15.6. The maximum absolute atomic E-state index is 12.4. The fourth-order valence-corrected chi connectivity index (χ4v) is 3.41. The number of hydrogen-bond acceptors (Lipinski definition) is 6. The smallest absolute Gasteiger partial charge is 0.291 e. The molecule has 3 aromatic rings. The first-order valence-electron chi connectivity index (χ1n) is 10.4. The maximum Gasteiger partial charge on any atom is 0.291 e.